The highest BCUT2D eigenvalue weighted by Crippen LogP contribution is 2.46. The van der Waals surface area contributed by atoms with E-state index in [2.05, 4.69) is 11.7 Å². The van der Waals surface area contributed by atoms with E-state index < -0.39 is 24.3 Å². The second kappa shape index (κ2) is 13.1. The number of unbranched alkanes of at least 4 members (excludes halogenated alkanes) is 14. The Labute approximate surface area is 159 Å². The van der Waals surface area contributed by atoms with Gasteiger partial charge in [-0.3, -0.25) is 0 Å². The zero-order chi connectivity index (χ0) is 19.3. The zero-order valence-corrected chi connectivity index (χ0v) is 16.8. The first-order valence-electron chi connectivity index (χ1n) is 10.9. The molecule has 3 atom stereocenters. The Morgan fingerprint density at radius 2 is 1.08 bits per heavy atom. The lowest BCUT2D eigenvalue weighted by Gasteiger charge is -2.15. The highest BCUT2D eigenvalue weighted by Gasteiger charge is 2.73. The highest BCUT2D eigenvalue weighted by molar-refractivity contribution is 5.04. The molecule has 0 aliphatic carbocycles. The van der Waals surface area contributed by atoms with E-state index in [-0.39, 0.29) is 0 Å². The average Bonchev–Trinajstić information content (AvgIpc) is 3.21. The Balaban J connectivity index is 1.80. The summed E-state index contributed by atoms with van der Waals surface area (Å²) in [5, 5.41) is 38.2. The summed E-state index contributed by atoms with van der Waals surface area (Å²) in [5.74, 6) is -3.97. The summed E-state index contributed by atoms with van der Waals surface area (Å²) in [6, 6.07) is 0. The van der Waals surface area contributed by atoms with Gasteiger partial charge in [0.2, 0.25) is 0 Å². The van der Waals surface area contributed by atoms with E-state index >= 15 is 0 Å². The summed E-state index contributed by atoms with van der Waals surface area (Å²) in [6.07, 6.45) is 18.4. The molecule has 0 aromatic carbocycles. The Hall–Kier alpha value is -0.200. The van der Waals surface area contributed by atoms with Crippen molar-refractivity contribution in [1.82, 2.24) is 0 Å². The first-order valence-corrected chi connectivity index (χ1v) is 10.9. The lowest BCUT2D eigenvalue weighted by Crippen LogP contribution is -2.39. The molecule has 0 radical (unpaired) electrons. The standard InChI is InChI=1S/C21H42O5/c1-2-3-4-5-6-7-8-9-10-11-12-13-14-15-16-17-19(23)21(25)20(24,18-22)26-21/h19,22-25H,2-18H2,1H3. The molecule has 26 heavy (non-hydrogen) atoms. The molecule has 0 saturated carbocycles. The van der Waals surface area contributed by atoms with Crippen molar-refractivity contribution in [3.8, 4) is 0 Å². The van der Waals surface area contributed by atoms with Gasteiger partial charge in [0, 0.05) is 0 Å². The number of ether oxygens (including phenoxy) is 1. The lowest BCUT2D eigenvalue weighted by molar-refractivity contribution is -0.0879. The van der Waals surface area contributed by atoms with Crippen LogP contribution >= 0.6 is 0 Å². The molecular formula is C21H42O5. The minimum atomic E-state index is -1.99. The topological polar surface area (TPSA) is 93.5 Å². The molecule has 1 fully saturated rings. The van der Waals surface area contributed by atoms with Crippen molar-refractivity contribution in [2.45, 2.75) is 127 Å². The number of aliphatic hydroxyl groups excluding tert-OH is 2. The molecule has 0 spiro atoms. The van der Waals surface area contributed by atoms with E-state index in [9.17, 15) is 15.3 Å². The molecule has 0 aromatic heterocycles. The van der Waals surface area contributed by atoms with Crippen LogP contribution in [0.4, 0.5) is 0 Å². The molecule has 5 heteroatoms. The molecule has 0 amide bonds. The number of hydrogen-bond acceptors (Lipinski definition) is 5. The van der Waals surface area contributed by atoms with Gasteiger partial charge < -0.3 is 25.2 Å². The van der Waals surface area contributed by atoms with Crippen molar-refractivity contribution in [2.75, 3.05) is 6.61 Å². The van der Waals surface area contributed by atoms with Crippen molar-refractivity contribution in [1.29, 1.82) is 0 Å². The Kier molecular flexibility index (Phi) is 12.0. The minimum absolute atomic E-state index is 0.372. The van der Waals surface area contributed by atoms with Crippen molar-refractivity contribution in [2.24, 2.45) is 0 Å². The van der Waals surface area contributed by atoms with Crippen molar-refractivity contribution in [3.05, 3.63) is 0 Å². The first-order chi connectivity index (χ1) is 12.5. The van der Waals surface area contributed by atoms with Gasteiger partial charge in [0.05, 0.1) is 0 Å². The molecule has 156 valence electrons. The highest BCUT2D eigenvalue weighted by atomic mass is 16.8. The number of hydrogen-bond donors (Lipinski definition) is 4. The van der Waals surface area contributed by atoms with Gasteiger partial charge in [0.1, 0.15) is 12.7 Å². The summed E-state index contributed by atoms with van der Waals surface area (Å²) < 4.78 is 4.69. The average molecular weight is 375 g/mol. The number of rotatable bonds is 18. The van der Waals surface area contributed by atoms with Crippen LogP contribution in [0.2, 0.25) is 0 Å². The van der Waals surface area contributed by atoms with E-state index in [4.69, 9.17) is 5.11 Å². The molecule has 3 unspecified atom stereocenters. The van der Waals surface area contributed by atoms with Gasteiger partial charge in [-0.05, 0) is 6.42 Å². The molecule has 1 saturated heterocycles. The molecule has 5 nitrogen and oxygen atoms in total. The van der Waals surface area contributed by atoms with Crippen LogP contribution in [0.5, 0.6) is 0 Å². The van der Waals surface area contributed by atoms with Crippen LogP contribution in [0, 0.1) is 0 Å². The van der Waals surface area contributed by atoms with Crippen LogP contribution in [-0.4, -0.2) is 44.7 Å². The van der Waals surface area contributed by atoms with Gasteiger partial charge in [-0.2, -0.15) is 0 Å². The number of aliphatic hydroxyl groups is 4. The minimum Gasteiger partial charge on any atom is -0.391 e. The van der Waals surface area contributed by atoms with Crippen molar-refractivity contribution in [3.63, 3.8) is 0 Å². The second-order valence-electron chi connectivity index (χ2n) is 8.00. The Morgan fingerprint density at radius 3 is 1.42 bits per heavy atom. The van der Waals surface area contributed by atoms with E-state index in [1.807, 2.05) is 0 Å². The van der Waals surface area contributed by atoms with Crippen LogP contribution in [0.15, 0.2) is 0 Å². The van der Waals surface area contributed by atoms with E-state index in [1.165, 1.54) is 77.0 Å². The smallest absolute Gasteiger partial charge is 0.253 e. The van der Waals surface area contributed by atoms with Crippen LogP contribution in [0.3, 0.4) is 0 Å². The Morgan fingerprint density at radius 1 is 0.692 bits per heavy atom. The van der Waals surface area contributed by atoms with Crippen molar-refractivity contribution >= 4 is 0 Å². The summed E-state index contributed by atoms with van der Waals surface area (Å²) in [5.41, 5.74) is 0. The predicted molar refractivity (Wildman–Crippen MR) is 104 cm³/mol. The maximum atomic E-state index is 9.87. The van der Waals surface area contributed by atoms with E-state index in [0.29, 0.717) is 6.42 Å². The third-order valence-electron chi connectivity index (χ3n) is 5.59. The third-order valence-corrected chi connectivity index (χ3v) is 5.59. The molecule has 1 aliphatic rings. The predicted octanol–water partition coefficient (Wildman–Crippen LogP) is 4.01. The quantitative estimate of drug-likeness (QED) is 0.215. The van der Waals surface area contributed by atoms with E-state index in [1.54, 1.807) is 0 Å². The van der Waals surface area contributed by atoms with Crippen LogP contribution in [0.1, 0.15) is 110 Å². The van der Waals surface area contributed by atoms with Crippen LogP contribution in [0.25, 0.3) is 0 Å². The summed E-state index contributed by atoms with van der Waals surface area (Å²) in [7, 11) is 0. The first kappa shape index (κ1) is 23.8. The molecule has 1 aliphatic heterocycles. The SMILES string of the molecule is CCCCCCCCCCCCCCCCCC(O)C1(O)OC1(O)CO. The van der Waals surface area contributed by atoms with Gasteiger partial charge >= 0.3 is 0 Å². The summed E-state index contributed by atoms with van der Waals surface area (Å²) in [4.78, 5) is 0. The van der Waals surface area contributed by atoms with Gasteiger partial charge in [-0.1, -0.05) is 103 Å². The molecule has 4 N–H and O–H groups in total. The molecule has 1 heterocycles. The van der Waals surface area contributed by atoms with Gasteiger partial charge in [0.25, 0.3) is 11.6 Å². The maximum absolute atomic E-state index is 9.87. The van der Waals surface area contributed by atoms with Gasteiger partial charge in [-0.15, -0.1) is 0 Å². The fourth-order valence-electron chi connectivity index (χ4n) is 3.61. The van der Waals surface area contributed by atoms with E-state index in [0.717, 1.165) is 19.3 Å². The fraction of sp³-hybridized carbons (Fsp3) is 1.00. The Bertz CT molecular complexity index is 351. The maximum Gasteiger partial charge on any atom is 0.253 e. The number of epoxide rings is 1. The zero-order valence-electron chi connectivity index (χ0n) is 16.8. The normalized spacial score (nSPS) is 26.2. The summed E-state index contributed by atoms with van der Waals surface area (Å²) >= 11 is 0. The lowest BCUT2D eigenvalue weighted by atomic mass is 10.0. The molecular weight excluding hydrogens is 332 g/mol. The van der Waals surface area contributed by atoms with Crippen LogP contribution < -0.4 is 0 Å². The largest absolute Gasteiger partial charge is 0.391 e. The molecule has 0 bridgehead atoms. The monoisotopic (exact) mass is 374 g/mol. The third kappa shape index (κ3) is 8.22. The van der Waals surface area contributed by atoms with Crippen molar-refractivity contribution < 1.29 is 25.2 Å². The van der Waals surface area contributed by atoms with Gasteiger partial charge in [0.15, 0.2) is 0 Å². The molecule has 0 aromatic rings. The molecule has 1 rings (SSSR count). The van der Waals surface area contributed by atoms with Gasteiger partial charge in [-0.25, -0.2) is 0 Å². The fourth-order valence-corrected chi connectivity index (χ4v) is 3.61. The van der Waals surface area contributed by atoms with Crippen LogP contribution in [-0.2, 0) is 4.74 Å². The summed E-state index contributed by atoms with van der Waals surface area (Å²) in [6.45, 7) is 1.55. The second-order valence-corrected chi connectivity index (χ2v) is 8.00.